The molecule has 0 aliphatic heterocycles. The van der Waals surface area contributed by atoms with E-state index in [9.17, 15) is 9.50 Å². The summed E-state index contributed by atoms with van der Waals surface area (Å²) < 4.78 is 12.7. The minimum atomic E-state index is -0.335. The van der Waals surface area contributed by atoms with E-state index in [1.807, 2.05) is 13.8 Å². The summed E-state index contributed by atoms with van der Waals surface area (Å²) in [6, 6.07) is 6.47. The Labute approximate surface area is 109 Å². The number of benzene rings is 1. The van der Waals surface area contributed by atoms with E-state index in [4.69, 9.17) is 0 Å². The summed E-state index contributed by atoms with van der Waals surface area (Å²) in [5.41, 5.74) is 0.875. The van der Waals surface area contributed by atoms with Crippen LogP contribution in [0, 0.1) is 17.2 Å². The average Bonchev–Trinajstić information content (AvgIpc) is 2.30. The van der Waals surface area contributed by atoms with Gasteiger partial charge in [0.1, 0.15) is 5.82 Å². The molecule has 0 radical (unpaired) electrons. The number of hydrogen-bond donors (Lipinski definition) is 2. The van der Waals surface area contributed by atoms with Crippen molar-refractivity contribution in [1.29, 1.82) is 0 Å². The normalized spacial score (nSPS) is 13.9. The molecular formula is C15H24FNO. The lowest BCUT2D eigenvalue weighted by Gasteiger charge is -2.33. The summed E-state index contributed by atoms with van der Waals surface area (Å²) in [5.74, 6) is 0.0296. The van der Waals surface area contributed by atoms with Gasteiger partial charge in [-0.15, -0.1) is 0 Å². The van der Waals surface area contributed by atoms with Crippen molar-refractivity contribution in [3.8, 4) is 0 Å². The Morgan fingerprint density at radius 1 is 1.22 bits per heavy atom. The van der Waals surface area contributed by atoms with Crippen molar-refractivity contribution in [2.75, 3.05) is 6.54 Å². The summed E-state index contributed by atoms with van der Waals surface area (Å²) in [4.78, 5) is 0. The van der Waals surface area contributed by atoms with Gasteiger partial charge in [-0.25, -0.2) is 4.39 Å². The number of rotatable bonds is 6. The van der Waals surface area contributed by atoms with Gasteiger partial charge in [0, 0.05) is 18.5 Å². The minimum absolute atomic E-state index is 0.172. The fraction of sp³-hybridized carbons (Fsp3) is 0.600. The quantitative estimate of drug-likeness (QED) is 0.817. The van der Waals surface area contributed by atoms with E-state index in [0.717, 1.165) is 12.1 Å². The average molecular weight is 253 g/mol. The van der Waals surface area contributed by atoms with E-state index in [1.54, 1.807) is 12.1 Å². The van der Waals surface area contributed by atoms with E-state index in [2.05, 4.69) is 19.2 Å². The van der Waals surface area contributed by atoms with Crippen LogP contribution in [0.3, 0.4) is 0 Å². The summed E-state index contributed by atoms with van der Waals surface area (Å²) >= 11 is 0. The molecule has 0 aliphatic rings. The van der Waals surface area contributed by atoms with Crippen LogP contribution in [-0.4, -0.2) is 17.8 Å². The first-order valence-electron chi connectivity index (χ1n) is 6.46. The molecule has 1 rings (SSSR count). The van der Waals surface area contributed by atoms with Crippen molar-refractivity contribution in [2.24, 2.45) is 11.3 Å². The highest BCUT2D eigenvalue weighted by Crippen LogP contribution is 2.25. The third kappa shape index (κ3) is 4.39. The lowest BCUT2D eigenvalue weighted by atomic mass is 9.80. The predicted molar refractivity (Wildman–Crippen MR) is 72.7 cm³/mol. The number of aliphatic hydroxyl groups is 1. The second-order valence-electron chi connectivity index (χ2n) is 5.91. The second kappa shape index (κ2) is 6.30. The molecule has 0 saturated carbocycles. The van der Waals surface area contributed by atoms with E-state index in [-0.39, 0.29) is 23.3 Å². The fourth-order valence-electron chi connectivity index (χ4n) is 2.14. The van der Waals surface area contributed by atoms with Gasteiger partial charge >= 0.3 is 0 Å². The Kier molecular flexibility index (Phi) is 5.29. The zero-order chi connectivity index (χ0) is 13.8. The van der Waals surface area contributed by atoms with Crippen LogP contribution in [-0.2, 0) is 6.54 Å². The highest BCUT2D eigenvalue weighted by molar-refractivity contribution is 5.15. The molecule has 102 valence electrons. The molecule has 18 heavy (non-hydrogen) atoms. The molecule has 0 aromatic heterocycles. The highest BCUT2D eigenvalue weighted by Gasteiger charge is 2.29. The summed E-state index contributed by atoms with van der Waals surface area (Å²) in [6.45, 7) is 9.56. The third-order valence-corrected chi connectivity index (χ3v) is 3.26. The lowest BCUT2D eigenvalue weighted by Crippen LogP contribution is -2.41. The molecule has 1 aromatic rings. The molecule has 0 amide bonds. The van der Waals surface area contributed by atoms with E-state index in [1.165, 1.54) is 12.1 Å². The first-order chi connectivity index (χ1) is 8.33. The zero-order valence-corrected chi connectivity index (χ0v) is 11.7. The Hall–Kier alpha value is -0.930. The summed E-state index contributed by atoms with van der Waals surface area (Å²) in [6.07, 6.45) is -0.335. The first-order valence-corrected chi connectivity index (χ1v) is 6.46. The first kappa shape index (κ1) is 15.1. The van der Waals surface area contributed by atoms with E-state index < -0.39 is 0 Å². The minimum Gasteiger partial charge on any atom is -0.392 e. The number of halogens is 1. The Bertz CT molecular complexity index is 359. The molecular weight excluding hydrogens is 229 g/mol. The second-order valence-corrected chi connectivity index (χ2v) is 5.91. The van der Waals surface area contributed by atoms with E-state index in [0.29, 0.717) is 6.54 Å². The van der Waals surface area contributed by atoms with Crippen LogP contribution in [0.15, 0.2) is 24.3 Å². The molecule has 2 nitrogen and oxygen atoms in total. The van der Waals surface area contributed by atoms with Crippen LogP contribution in [0.25, 0.3) is 0 Å². The molecule has 0 aliphatic carbocycles. The molecule has 1 aromatic carbocycles. The van der Waals surface area contributed by atoms with Gasteiger partial charge in [-0.05, 0) is 23.6 Å². The van der Waals surface area contributed by atoms with Crippen LogP contribution in [0.5, 0.6) is 0 Å². The van der Waals surface area contributed by atoms with Crippen molar-refractivity contribution in [2.45, 2.75) is 40.3 Å². The van der Waals surface area contributed by atoms with Crippen molar-refractivity contribution in [1.82, 2.24) is 5.32 Å². The van der Waals surface area contributed by atoms with Crippen LogP contribution < -0.4 is 5.32 Å². The Balaban J connectivity index is 2.43. The summed E-state index contributed by atoms with van der Waals surface area (Å²) in [7, 11) is 0. The maximum Gasteiger partial charge on any atom is 0.123 e. The standard InChI is InChI=1S/C15H24FNO/c1-11(2)14(18)15(3,4)10-17-9-12-5-7-13(16)8-6-12/h5-8,11,14,17-18H,9-10H2,1-4H3. The zero-order valence-electron chi connectivity index (χ0n) is 11.7. The monoisotopic (exact) mass is 253 g/mol. The van der Waals surface area contributed by atoms with Crippen molar-refractivity contribution in [3.05, 3.63) is 35.6 Å². The van der Waals surface area contributed by atoms with Gasteiger partial charge in [0.05, 0.1) is 6.10 Å². The molecule has 1 unspecified atom stereocenters. The molecule has 0 fully saturated rings. The topological polar surface area (TPSA) is 32.3 Å². The molecule has 3 heteroatoms. The molecule has 0 saturated heterocycles. The maximum atomic E-state index is 12.7. The van der Waals surface area contributed by atoms with Gasteiger partial charge in [0.25, 0.3) is 0 Å². The SMILES string of the molecule is CC(C)C(O)C(C)(C)CNCc1ccc(F)cc1. The van der Waals surface area contributed by atoms with Crippen LogP contribution in [0.1, 0.15) is 33.3 Å². The van der Waals surface area contributed by atoms with Crippen LogP contribution in [0.2, 0.25) is 0 Å². The molecule has 0 bridgehead atoms. The van der Waals surface area contributed by atoms with Gasteiger partial charge in [0.15, 0.2) is 0 Å². The van der Waals surface area contributed by atoms with Gasteiger partial charge in [0.2, 0.25) is 0 Å². The van der Waals surface area contributed by atoms with E-state index >= 15 is 0 Å². The smallest absolute Gasteiger partial charge is 0.123 e. The number of aliphatic hydroxyl groups excluding tert-OH is 1. The lowest BCUT2D eigenvalue weighted by molar-refractivity contribution is 0.0134. The third-order valence-electron chi connectivity index (χ3n) is 3.26. The number of nitrogens with one attached hydrogen (secondary N) is 1. The molecule has 0 heterocycles. The van der Waals surface area contributed by atoms with Crippen molar-refractivity contribution >= 4 is 0 Å². The maximum absolute atomic E-state index is 12.7. The summed E-state index contributed by atoms with van der Waals surface area (Å²) in [5, 5.41) is 13.4. The number of hydrogen-bond acceptors (Lipinski definition) is 2. The highest BCUT2D eigenvalue weighted by atomic mass is 19.1. The van der Waals surface area contributed by atoms with Crippen molar-refractivity contribution in [3.63, 3.8) is 0 Å². The Morgan fingerprint density at radius 3 is 2.28 bits per heavy atom. The molecule has 0 spiro atoms. The fourth-order valence-corrected chi connectivity index (χ4v) is 2.14. The van der Waals surface area contributed by atoms with Gasteiger partial charge in [-0.2, -0.15) is 0 Å². The van der Waals surface area contributed by atoms with Gasteiger partial charge in [-0.3, -0.25) is 0 Å². The largest absolute Gasteiger partial charge is 0.392 e. The van der Waals surface area contributed by atoms with Crippen molar-refractivity contribution < 1.29 is 9.50 Å². The predicted octanol–water partition coefficient (Wildman–Crippen LogP) is 2.96. The molecule has 2 N–H and O–H groups in total. The van der Waals surface area contributed by atoms with Gasteiger partial charge in [-0.1, -0.05) is 39.8 Å². The molecule has 1 atom stereocenters. The van der Waals surface area contributed by atoms with Gasteiger partial charge < -0.3 is 10.4 Å². The van der Waals surface area contributed by atoms with Crippen LogP contribution in [0.4, 0.5) is 4.39 Å². The van der Waals surface area contributed by atoms with Crippen LogP contribution >= 0.6 is 0 Å². The Morgan fingerprint density at radius 2 is 1.78 bits per heavy atom.